The van der Waals surface area contributed by atoms with Crippen LogP contribution in [0.5, 0.6) is 0 Å². The number of rotatable bonds is 1. The molecule has 0 saturated heterocycles. The van der Waals surface area contributed by atoms with Crippen molar-refractivity contribution < 1.29 is 4.39 Å². The summed E-state index contributed by atoms with van der Waals surface area (Å²) in [6.07, 6.45) is 0. The summed E-state index contributed by atoms with van der Waals surface area (Å²) in [5, 5.41) is 0.383. The molecule has 0 radical (unpaired) electrons. The van der Waals surface area contributed by atoms with Crippen molar-refractivity contribution >= 4 is 22.5 Å². The third-order valence-corrected chi connectivity index (χ3v) is 3.43. The first-order chi connectivity index (χ1) is 9.59. The van der Waals surface area contributed by atoms with E-state index in [1.54, 1.807) is 37.3 Å². The van der Waals surface area contributed by atoms with Crippen LogP contribution in [0.15, 0.2) is 47.3 Å². The van der Waals surface area contributed by atoms with Gasteiger partial charge in [-0.1, -0.05) is 29.8 Å². The van der Waals surface area contributed by atoms with Gasteiger partial charge < -0.3 is 0 Å². The predicted molar refractivity (Wildman–Crippen MR) is 77.0 cm³/mol. The minimum atomic E-state index is -0.583. The van der Waals surface area contributed by atoms with Crippen LogP contribution in [0.1, 0.15) is 5.82 Å². The highest BCUT2D eigenvalue weighted by Crippen LogP contribution is 2.21. The maximum atomic E-state index is 13.9. The SMILES string of the molecule is Cc1nc2cccc(F)c2c(=O)n1-c1ccccc1Cl. The summed E-state index contributed by atoms with van der Waals surface area (Å²) in [7, 11) is 0. The maximum absolute atomic E-state index is 13.9. The van der Waals surface area contributed by atoms with Gasteiger partial charge in [0.05, 0.1) is 16.2 Å². The number of para-hydroxylation sites is 1. The van der Waals surface area contributed by atoms with Crippen LogP contribution in [0.2, 0.25) is 5.02 Å². The van der Waals surface area contributed by atoms with Crippen LogP contribution in [0.25, 0.3) is 16.6 Å². The summed E-state index contributed by atoms with van der Waals surface area (Å²) >= 11 is 6.11. The number of aryl methyl sites for hydroxylation is 1. The molecule has 0 atom stereocenters. The topological polar surface area (TPSA) is 34.9 Å². The lowest BCUT2D eigenvalue weighted by Crippen LogP contribution is -2.23. The Hall–Kier alpha value is -2.20. The lowest BCUT2D eigenvalue weighted by molar-refractivity contribution is 0.637. The average Bonchev–Trinajstić information content (AvgIpc) is 2.40. The highest BCUT2D eigenvalue weighted by molar-refractivity contribution is 6.32. The molecule has 0 aliphatic heterocycles. The predicted octanol–water partition coefficient (Wildman–Crippen LogP) is 3.49. The zero-order valence-electron chi connectivity index (χ0n) is 10.6. The molecule has 2 aromatic carbocycles. The van der Waals surface area contributed by atoms with E-state index >= 15 is 0 Å². The van der Waals surface area contributed by atoms with Gasteiger partial charge in [0, 0.05) is 0 Å². The summed E-state index contributed by atoms with van der Waals surface area (Å²) in [5.41, 5.74) is 0.379. The van der Waals surface area contributed by atoms with E-state index in [2.05, 4.69) is 4.98 Å². The number of nitrogens with zero attached hydrogens (tertiary/aromatic N) is 2. The molecule has 0 aliphatic carbocycles. The van der Waals surface area contributed by atoms with Gasteiger partial charge in [0.2, 0.25) is 0 Å². The zero-order valence-corrected chi connectivity index (χ0v) is 11.4. The Morgan fingerprint density at radius 1 is 1.15 bits per heavy atom. The van der Waals surface area contributed by atoms with E-state index in [9.17, 15) is 9.18 Å². The van der Waals surface area contributed by atoms with Gasteiger partial charge in [0.25, 0.3) is 5.56 Å². The highest BCUT2D eigenvalue weighted by atomic mass is 35.5. The third kappa shape index (κ3) is 1.89. The molecular weight excluding hydrogens is 279 g/mol. The molecule has 0 unspecified atom stereocenters. The molecule has 0 N–H and O–H groups in total. The molecule has 0 bridgehead atoms. The Morgan fingerprint density at radius 2 is 1.90 bits per heavy atom. The highest BCUT2D eigenvalue weighted by Gasteiger charge is 2.14. The van der Waals surface area contributed by atoms with Crippen molar-refractivity contribution in [3.8, 4) is 5.69 Å². The average molecular weight is 289 g/mol. The molecule has 1 aromatic heterocycles. The minimum absolute atomic E-state index is 0.0296. The first kappa shape index (κ1) is 12.8. The van der Waals surface area contributed by atoms with Crippen molar-refractivity contribution in [2.45, 2.75) is 6.92 Å². The lowest BCUT2D eigenvalue weighted by atomic mass is 10.2. The monoisotopic (exact) mass is 288 g/mol. The molecule has 0 saturated carbocycles. The fraction of sp³-hybridized carbons (Fsp3) is 0.0667. The van der Waals surface area contributed by atoms with Gasteiger partial charge in [-0.2, -0.15) is 0 Å². The van der Waals surface area contributed by atoms with Crippen LogP contribution in [-0.2, 0) is 0 Å². The number of hydrogen-bond acceptors (Lipinski definition) is 2. The van der Waals surface area contributed by atoms with Crippen molar-refractivity contribution in [3.05, 3.63) is 69.5 Å². The van der Waals surface area contributed by atoms with Gasteiger partial charge in [0.1, 0.15) is 17.0 Å². The van der Waals surface area contributed by atoms with Crippen LogP contribution in [0, 0.1) is 12.7 Å². The van der Waals surface area contributed by atoms with Crippen LogP contribution in [0.4, 0.5) is 4.39 Å². The van der Waals surface area contributed by atoms with E-state index in [1.807, 2.05) is 0 Å². The molecule has 0 amide bonds. The first-order valence-corrected chi connectivity index (χ1v) is 6.40. The second-order valence-electron chi connectivity index (χ2n) is 4.38. The fourth-order valence-electron chi connectivity index (χ4n) is 2.22. The van der Waals surface area contributed by atoms with Crippen molar-refractivity contribution in [3.63, 3.8) is 0 Å². The Morgan fingerprint density at radius 3 is 2.65 bits per heavy atom. The van der Waals surface area contributed by atoms with Gasteiger partial charge in [0.15, 0.2) is 0 Å². The van der Waals surface area contributed by atoms with E-state index in [-0.39, 0.29) is 5.39 Å². The summed E-state index contributed by atoms with van der Waals surface area (Å²) in [6, 6.07) is 11.3. The van der Waals surface area contributed by atoms with Gasteiger partial charge in [-0.25, -0.2) is 9.37 Å². The van der Waals surface area contributed by atoms with Gasteiger partial charge in [-0.3, -0.25) is 9.36 Å². The lowest BCUT2D eigenvalue weighted by Gasteiger charge is -2.12. The molecule has 0 aliphatic rings. The number of fused-ring (bicyclic) bond motifs is 1. The number of aromatic nitrogens is 2. The standard InChI is InChI=1S/C15H10ClFN2O/c1-9-18-12-7-4-6-11(17)14(12)15(20)19(9)13-8-3-2-5-10(13)16/h2-8H,1H3. The number of benzene rings is 2. The third-order valence-electron chi connectivity index (χ3n) is 3.11. The van der Waals surface area contributed by atoms with Crippen molar-refractivity contribution in [2.75, 3.05) is 0 Å². The van der Waals surface area contributed by atoms with Crippen LogP contribution in [-0.4, -0.2) is 9.55 Å². The molecular formula is C15H10ClFN2O. The molecule has 0 spiro atoms. The molecule has 5 heteroatoms. The molecule has 3 aromatic rings. The van der Waals surface area contributed by atoms with Gasteiger partial charge >= 0.3 is 0 Å². The van der Waals surface area contributed by atoms with E-state index in [0.29, 0.717) is 22.1 Å². The Labute approximate surface area is 119 Å². The Bertz CT molecular complexity index is 873. The summed E-state index contributed by atoms with van der Waals surface area (Å²) in [4.78, 5) is 16.8. The van der Waals surface area contributed by atoms with E-state index in [0.717, 1.165) is 0 Å². The van der Waals surface area contributed by atoms with Crippen LogP contribution >= 0.6 is 11.6 Å². The summed E-state index contributed by atoms with van der Waals surface area (Å²) < 4.78 is 15.2. The second-order valence-corrected chi connectivity index (χ2v) is 4.79. The Balaban J connectivity index is 2.47. The number of hydrogen-bond donors (Lipinski definition) is 0. The number of halogens is 2. The quantitative estimate of drug-likeness (QED) is 0.687. The minimum Gasteiger partial charge on any atom is -0.268 e. The summed E-state index contributed by atoms with van der Waals surface area (Å²) in [5.74, 6) is -0.123. The van der Waals surface area contributed by atoms with Gasteiger partial charge in [-0.15, -0.1) is 0 Å². The van der Waals surface area contributed by atoms with E-state index in [1.165, 1.54) is 16.7 Å². The largest absolute Gasteiger partial charge is 0.269 e. The zero-order chi connectivity index (χ0) is 14.3. The molecule has 3 nitrogen and oxygen atoms in total. The van der Waals surface area contributed by atoms with Crippen molar-refractivity contribution in [1.29, 1.82) is 0 Å². The van der Waals surface area contributed by atoms with E-state index in [4.69, 9.17) is 11.6 Å². The molecule has 0 fully saturated rings. The molecule has 100 valence electrons. The molecule has 1 heterocycles. The first-order valence-electron chi connectivity index (χ1n) is 6.02. The maximum Gasteiger partial charge on any atom is 0.269 e. The van der Waals surface area contributed by atoms with E-state index < -0.39 is 11.4 Å². The second kappa shape index (κ2) is 4.72. The fourth-order valence-corrected chi connectivity index (χ4v) is 2.44. The Kier molecular flexibility index (Phi) is 3.03. The summed E-state index contributed by atoms with van der Waals surface area (Å²) in [6.45, 7) is 1.69. The van der Waals surface area contributed by atoms with Crippen LogP contribution < -0.4 is 5.56 Å². The van der Waals surface area contributed by atoms with Crippen molar-refractivity contribution in [2.24, 2.45) is 0 Å². The normalized spacial score (nSPS) is 10.9. The molecule has 3 rings (SSSR count). The van der Waals surface area contributed by atoms with Crippen molar-refractivity contribution in [1.82, 2.24) is 9.55 Å². The van der Waals surface area contributed by atoms with Gasteiger partial charge in [-0.05, 0) is 31.2 Å². The van der Waals surface area contributed by atoms with Crippen LogP contribution in [0.3, 0.4) is 0 Å². The smallest absolute Gasteiger partial charge is 0.268 e. The molecule has 20 heavy (non-hydrogen) atoms.